The highest BCUT2D eigenvalue weighted by atomic mass is 79.9. The predicted molar refractivity (Wildman–Crippen MR) is 80.5 cm³/mol. The lowest BCUT2D eigenvalue weighted by Gasteiger charge is -2.41. The van der Waals surface area contributed by atoms with E-state index >= 15 is 0 Å². The number of likely N-dealkylation sites (tertiary alicyclic amines) is 1. The molecule has 1 heterocycles. The molecule has 3 unspecified atom stereocenters. The molecule has 1 aromatic carbocycles. The SMILES string of the molecule is CC1CCN(C(CN)c2ccc(F)cc2Br)C(C)C1. The Balaban J connectivity index is 2.24. The maximum absolute atomic E-state index is 13.2. The normalized spacial score (nSPS) is 26.4. The van der Waals surface area contributed by atoms with E-state index in [0.29, 0.717) is 12.6 Å². The molecule has 106 valence electrons. The second-order valence-electron chi connectivity index (χ2n) is 5.63. The van der Waals surface area contributed by atoms with Crippen molar-refractivity contribution < 1.29 is 4.39 Å². The van der Waals surface area contributed by atoms with E-state index in [1.807, 2.05) is 6.07 Å². The van der Waals surface area contributed by atoms with Crippen LogP contribution in [0.3, 0.4) is 0 Å². The number of piperidine rings is 1. The zero-order valence-corrected chi connectivity index (χ0v) is 13.2. The van der Waals surface area contributed by atoms with Gasteiger partial charge in [0.15, 0.2) is 0 Å². The van der Waals surface area contributed by atoms with Crippen LogP contribution in [0, 0.1) is 11.7 Å². The number of hydrogen-bond donors (Lipinski definition) is 1. The molecule has 0 bridgehead atoms. The summed E-state index contributed by atoms with van der Waals surface area (Å²) in [5.74, 6) is 0.563. The van der Waals surface area contributed by atoms with Crippen molar-refractivity contribution in [3.05, 3.63) is 34.1 Å². The van der Waals surface area contributed by atoms with E-state index in [2.05, 4.69) is 34.7 Å². The number of nitrogens with zero attached hydrogens (tertiary/aromatic N) is 1. The quantitative estimate of drug-likeness (QED) is 0.916. The molecule has 4 heteroatoms. The van der Waals surface area contributed by atoms with E-state index in [1.165, 1.54) is 25.0 Å². The molecule has 2 nitrogen and oxygen atoms in total. The highest BCUT2D eigenvalue weighted by Crippen LogP contribution is 2.33. The van der Waals surface area contributed by atoms with Gasteiger partial charge in [0.05, 0.1) is 0 Å². The summed E-state index contributed by atoms with van der Waals surface area (Å²) >= 11 is 3.46. The van der Waals surface area contributed by atoms with Gasteiger partial charge in [-0.05, 0) is 49.9 Å². The first-order valence-electron chi connectivity index (χ1n) is 6.93. The van der Waals surface area contributed by atoms with Gasteiger partial charge in [-0.25, -0.2) is 4.39 Å². The largest absolute Gasteiger partial charge is 0.329 e. The Morgan fingerprint density at radius 1 is 1.47 bits per heavy atom. The number of nitrogens with two attached hydrogens (primary N) is 1. The molecule has 0 aromatic heterocycles. The minimum Gasteiger partial charge on any atom is -0.329 e. The lowest BCUT2D eigenvalue weighted by molar-refractivity contribution is 0.0844. The summed E-state index contributed by atoms with van der Waals surface area (Å²) in [6, 6.07) is 5.57. The van der Waals surface area contributed by atoms with Crippen molar-refractivity contribution in [1.82, 2.24) is 4.90 Å². The number of rotatable bonds is 3. The Labute approximate surface area is 123 Å². The number of hydrogen-bond acceptors (Lipinski definition) is 2. The molecule has 3 atom stereocenters. The van der Waals surface area contributed by atoms with E-state index in [0.717, 1.165) is 22.5 Å². The van der Waals surface area contributed by atoms with Gasteiger partial charge in [0, 0.05) is 23.1 Å². The summed E-state index contributed by atoms with van der Waals surface area (Å²) in [6.45, 7) is 6.19. The summed E-state index contributed by atoms with van der Waals surface area (Å²) in [5, 5.41) is 0. The van der Waals surface area contributed by atoms with Gasteiger partial charge in [0.2, 0.25) is 0 Å². The van der Waals surface area contributed by atoms with Crippen LogP contribution in [0.2, 0.25) is 0 Å². The third-order valence-electron chi connectivity index (χ3n) is 4.13. The Morgan fingerprint density at radius 3 is 2.79 bits per heavy atom. The lowest BCUT2D eigenvalue weighted by atomic mass is 9.90. The third-order valence-corrected chi connectivity index (χ3v) is 4.82. The first-order valence-corrected chi connectivity index (χ1v) is 7.73. The average molecular weight is 329 g/mol. The maximum Gasteiger partial charge on any atom is 0.124 e. The molecule has 0 spiro atoms. The molecule has 1 aliphatic rings. The van der Waals surface area contributed by atoms with Crippen molar-refractivity contribution in [2.75, 3.05) is 13.1 Å². The van der Waals surface area contributed by atoms with Gasteiger partial charge in [0.1, 0.15) is 5.82 Å². The monoisotopic (exact) mass is 328 g/mol. The van der Waals surface area contributed by atoms with Crippen LogP contribution in [0.25, 0.3) is 0 Å². The first kappa shape index (κ1) is 14.9. The molecule has 0 radical (unpaired) electrons. The van der Waals surface area contributed by atoms with Gasteiger partial charge in [-0.15, -0.1) is 0 Å². The molecule has 1 aromatic rings. The zero-order valence-electron chi connectivity index (χ0n) is 11.6. The summed E-state index contributed by atoms with van der Waals surface area (Å²) in [7, 11) is 0. The standard InChI is InChI=1S/C15H22BrFN2/c1-10-5-6-19(11(2)7-10)15(9-18)13-4-3-12(17)8-14(13)16/h3-4,8,10-11,15H,5-7,9,18H2,1-2H3. The molecule has 0 amide bonds. The van der Waals surface area contributed by atoms with E-state index in [4.69, 9.17) is 5.73 Å². The molecule has 19 heavy (non-hydrogen) atoms. The van der Waals surface area contributed by atoms with E-state index in [-0.39, 0.29) is 11.9 Å². The first-order chi connectivity index (χ1) is 9.02. The van der Waals surface area contributed by atoms with Crippen LogP contribution in [0.5, 0.6) is 0 Å². The maximum atomic E-state index is 13.2. The van der Waals surface area contributed by atoms with Crippen LogP contribution in [0.15, 0.2) is 22.7 Å². The number of benzene rings is 1. The van der Waals surface area contributed by atoms with E-state index in [9.17, 15) is 4.39 Å². The van der Waals surface area contributed by atoms with Gasteiger partial charge >= 0.3 is 0 Å². The molecule has 1 fully saturated rings. The highest BCUT2D eigenvalue weighted by molar-refractivity contribution is 9.10. The fraction of sp³-hybridized carbons (Fsp3) is 0.600. The molecule has 1 aliphatic heterocycles. The zero-order chi connectivity index (χ0) is 14.0. The minimum atomic E-state index is -0.216. The summed E-state index contributed by atoms with van der Waals surface area (Å²) in [6.07, 6.45) is 2.41. The second-order valence-corrected chi connectivity index (χ2v) is 6.49. The minimum absolute atomic E-state index is 0.164. The lowest BCUT2D eigenvalue weighted by Crippen LogP contribution is -2.45. The topological polar surface area (TPSA) is 29.3 Å². The molecule has 2 rings (SSSR count). The van der Waals surface area contributed by atoms with Crippen LogP contribution >= 0.6 is 15.9 Å². The van der Waals surface area contributed by atoms with Crippen LogP contribution in [0.1, 0.15) is 38.3 Å². The number of halogens is 2. The van der Waals surface area contributed by atoms with E-state index in [1.54, 1.807) is 0 Å². The molecule has 0 aliphatic carbocycles. The smallest absolute Gasteiger partial charge is 0.124 e. The molecule has 1 saturated heterocycles. The summed E-state index contributed by atoms with van der Waals surface area (Å²) in [4.78, 5) is 2.46. The molecular weight excluding hydrogens is 307 g/mol. The van der Waals surface area contributed by atoms with Crippen molar-refractivity contribution in [2.45, 2.75) is 38.8 Å². The van der Waals surface area contributed by atoms with Crippen molar-refractivity contribution in [2.24, 2.45) is 11.7 Å². The summed E-state index contributed by atoms with van der Waals surface area (Å²) < 4.78 is 14.0. The summed E-state index contributed by atoms with van der Waals surface area (Å²) in [5.41, 5.74) is 7.07. The van der Waals surface area contributed by atoms with Crippen LogP contribution < -0.4 is 5.73 Å². The van der Waals surface area contributed by atoms with Gasteiger partial charge in [-0.1, -0.05) is 28.9 Å². The average Bonchev–Trinajstić information content (AvgIpc) is 2.34. The highest BCUT2D eigenvalue weighted by Gasteiger charge is 2.29. The van der Waals surface area contributed by atoms with Gasteiger partial charge in [0.25, 0.3) is 0 Å². The Kier molecular flexibility index (Phi) is 4.98. The van der Waals surface area contributed by atoms with E-state index < -0.39 is 0 Å². The van der Waals surface area contributed by atoms with Crippen molar-refractivity contribution in [3.63, 3.8) is 0 Å². The second kappa shape index (κ2) is 6.33. The molecule has 0 saturated carbocycles. The third kappa shape index (κ3) is 3.36. The van der Waals surface area contributed by atoms with Crippen molar-refractivity contribution in [1.29, 1.82) is 0 Å². The Morgan fingerprint density at radius 2 is 2.21 bits per heavy atom. The molecular formula is C15H22BrFN2. The molecule has 2 N–H and O–H groups in total. The fourth-order valence-corrected chi connectivity index (χ4v) is 3.72. The van der Waals surface area contributed by atoms with Crippen LogP contribution in [-0.2, 0) is 0 Å². The van der Waals surface area contributed by atoms with Crippen molar-refractivity contribution in [3.8, 4) is 0 Å². The van der Waals surface area contributed by atoms with Crippen molar-refractivity contribution >= 4 is 15.9 Å². The Hall–Kier alpha value is -0.450. The van der Waals surface area contributed by atoms with Gasteiger partial charge in [-0.3, -0.25) is 4.90 Å². The van der Waals surface area contributed by atoms with Crippen LogP contribution in [-0.4, -0.2) is 24.0 Å². The predicted octanol–water partition coefficient (Wildman–Crippen LogP) is 3.71. The van der Waals surface area contributed by atoms with Gasteiger partial charge in [-0.2, -0.15) is 0 Å². The fourth-order valence-electron chi connectivity index (χ4n) is 3.10. The van der Waals surface area contributed by atoms with Gasteiger partial charge < -0.3 is 5.73 Å². The Bertz CT molecular complexity index is 438. The van der Waals surface area contributed by atoms with Crippen LogP contribution in [0.4, 0.5) is 4.39 Å².